The highest BCUT2D eigenvalue weighted by Gasteiger charge is 2.16. The normalized spacial score (nSPS) is 17.2. The second kappa shape index (κ2) is 3.71. The molecule has 78 valence electrons. The molecule has 0 aliphatic carbocycles. The number of anilines is 1. The molecule has 3 heterocycles. The lowest BCUT2D eigenvalue weighted by atomic mass is 10.4. The molecule has 1 aliphatic heterocycles. The highest BCUT2D eigenvalue weighted by Crippen LogP contribution is 2.24. The van der Waals surface area contributed by atoms with Gasteiger partial charge in [0.1, 0.15) is 16.7 Å². The Morgan fingerprint density at radius 3 is 2.93 bits per heavy atom. The van der Waals surface area contributed by atoms with E-state index in [2.05, 4.69) is 19.9 Å². The van der Waals surface area contributed by atoms with Crippen LogP contribution >= 0.6 is 11.3 Å². The summed E-state index contributed by atoms with van der Waals surface area (Å²) in [7, 11) is 0. The quantitative estimate of drug-likeness (QED) is 0.718. The average Bonchev–Trinajstić information content (AvgIpc) is 2.78. The topological polar surface area (TPSA) is 51.1 Å². The number of nitrogens with zero attached hydrogens (tertiary/aromatic N) is 4. The van der Waals surface area contributed by atoms with Gasteiger partial charge in [0.05, 0.1) is 18.7 Å². The lowest BCUT2D eigenvalue weighted by Gasteiger charge is -2.27. The minimum atomic E-state index is 0.760. The minimum Gasteiger partial charge on any atom is -0.378 e. The van der Waals surface area contributed by atoms with Gasteiger partial charge < -0.3 is 9.64 Å². The zero-order valence-corrected chi connectivity index (χ0v) is 8.90. The molecule has 0 radical (unpaired) electrons. The van der Waals surface area contributed by atoms with Gasteiger partial charge in [-0.05, 0) is 0 Å². The molecule has 0 atom stereocenters. The Morgan fingerprint density at radius 1 is 1.20 bits per heavy atom. The van der Waals surface area contributed by atoms with Gasteiger partial charge in [-0.25, -0.2) is 15.0 Å². The second-order valence-corrected chi connectivity index (χ2v) is 4.14. The lowest BCUT2D eigenvalue weighted by Crippen LogP contribution is -2.36. The number of morpholine rings is 1. The molecule has 0 saturated carbocycles. The first-order valence-electron chi connectivity index (χ1n) is 4.82. The molecule has 2 aromatic rings. The Bertz CT molecular complexity index is 466. The van der Waals surface area contributed by atoms with E-state index in [9.17, 15) is 0 Å². The molecular formula is C9H10N4OS. The average molecular weight is 222 g/mol. The van der Waals surface area contributed by atoms with E-state index in [1.54, 1.807) is 17.7 Å². The van der Waals surface area contributed by atoms with Gasteiger partial charge in [0.2, 0.25) is 0 Å². The van der Waals surface area contributed by atoms with Crippen molar-refractivity contribution in [1.29, 1.82) is 0 Å². The van der Waals surface area contributed by atoms with Crippen LogP contribution in [0.15, 0.2) is 11.8 Å². The highest BCUT2D eigenvalue weighted by atomic mass is 32.1. The fourth-order valence-corrected chi connectivity index (χ4v) is 2.31. The molecule has 0 amide bonds. The molecule has 3 rings (SSSR count). The van der Waals surface area contributed by atoms with Crippen LogP contribution in [0.4, 0.5) is 5.82 Å². The van der Waals surface area contributed by atoms with Gasteiger partial charge in [0.25, 0.3) is 0 Å². The van der Waals surface area contributed by atoms with Crippen molar-refractivity contribution in [2.75, 3.05) is 31.2 Å². The third-order valence-electron chi connectivity index (χ3n) is 2.43. The number of thiazole rings is 1. The summed E-state index contributed by atoms with van der Waals surface area (Å²) in [5.74, 6) is 0.935. The lowest BCUT2D eigenvalue weighted by molar-refractivity contribution is 0.122. The maximum Gasteiger partial charge on any atom is 0.159 e. The Balaban J connectivity index is 2.05. The number of hydrogen-bond acceptors (Lipinski definition) is 6. The van der Waals surface area contributed by atoms with Gasteiger partial charge >= 0.3 is 0 Å². The SMILES string of the molecule is c1nc(N2CCOCC2)c2ncsc2n1. The summed E-state index contributed by atoms with van der Waals surface area (Å²) < 4.78 is 5.31. The summed E-state index contributed by atoms with van der Waals surface area (Å²) in [4.78, 5) is 15.9. The van der Waals surface area contributed by atoms with E-state index in [1.165, 1.54) is 0 Å². The first-order chi connectivity index (χ1) is 7.45. The summed E-state index contributed by atoms with van der Waals surface area (Å²) >= 11 is 1.55. The number of ether oxygens (including phenoxy) is 1. The van der Waals surface area contributed by atoms with Crippen molar-refractivity contribution in [3.05, 3.63) is 11.8 Å². The molecule has 0 N–H and O–H groups in total. The van der Waals surface area contributed by atoms with E-state index in [0.29, 0.717) is 0 Å². The maximum atomic E-state index is 5.31. The van der Waals surface area contributed by atoms with Gasteiger partial charge in [-0.15, -0.1) is 11.3 Å². The van der Waals surface area contributed by atoms with Crippen LogP contribution in [0.1, 0.15) is 0 Å². The number of rotatable bonds is 1. The van der Waals surface area contributed by atoms with Crippen LogP contribution in [0.25, 0.3) is 10.3 Å². The summed E-state index contributed by atoms with van der Waals surface area (Å²) in [6.45, 7) is 3.28. The Morgan fingerprint density at radius 2 is 2.07 bits per heavy atom. The van der Waals surface area contributed by atoms with E-state index in [-0.39, 0.29) is 0 Å². The molecule has 0 bridgehead atoms. The molecule has 1 aliphatic rings. The number of aromatic nitrogens is 3. The monoisotopic (exact) mass is 222 g/mol. The molecule has 0 aromatic carbocycles. The summed E-state index contributed by atoms with van der Waals surface area (Å²) in [6, 6.07) is 0. The fourth-order valence-electron chi connectivity index (χ4n) is 1.69. The van der Waals surface area contributed by atoms with E-state index in [4.69, 9.17) is 4.74 Å². The minimum absolute atomic E-state index is 0.760. The molecule has 2 aromatic heterocycles. The number of hydrogen-bond donors (Lipinski definition) is 0. The van der Waals surface area contributed by atoms with Crippen molar-refractivity contribution in [2.45, 2.75) is 0 Å². The summed E-state index contributed by atoms with van der Waals surface area (Å²) in [5, 5.41) is 0. The van der Waals surface area contributed by atoms with Gasteiger partial charge in [-0.3, -0.25) is 0 Å². The van der Waals surface area contributed by atoms with Crippen molar-refractivity contribution in [1.82, 2.24) is 15.0 Å². The zero-order valence-electron chi connectivity index (χ0n) is 8.09. The van der Waals surface area contributed by atoms with Gasteiger partial charge in [-0.1, -0.05) is 0 Å². The molecule has 1 saturated heterocycles. The van der Waals surface area contributed by atoms with E-state index in [0.717, 1.165) is 42.5 Å². The fraction of sp³-hybridized carbons (Fsp3) is 0.444. The van der Waals surface area contributed by atoms with Crippen LogP contribution in [-0.4, -0.2) is 41.3 Å². The zero-order chi connectivity index (χ0) is 10.1. The van der Waals surface area contributed by atoms with Crippen LogP contribution < -0.4 is 4.90 Å². The smallest absolute Gasteiger partial charge is 0.159 e. The Hall–Kier alpha value is -1.27. The number of fused-ring (bicyclic) bond motifs is 1. The van der Waals surface area contributed by atoms with Crippen LogP contribution in [0, 0.1) is 0 Å². The van der Waals surface area contributed by atoms with Crippen LogP contribution in [0.2, 0.25) is 0 Å². The van der Waals surface area contributed by atoms with Crippen LogP contribution in [-0.2, 0) is 4.74 Å². The van der Waals surface area contributed by atoms with Crippen molar-refractivity contribution in [3.8, 4) is 0 Å². The Kier molecular flexibility index (Phi) is 2.22. The van der Waals surface area contributed by atoms with Gasteiger partial charge in [-0.2, -0.15) is 0 Å². The molecular weight excluding hydrogens is 212 g/mol. The molecule has 0 unspecified atom stereocenters. The summed E-state index contributed by atoms with van der Waals surface area (Å²) in [5.41, 5.74) is 2.72. The molecule has 15 heavy (non-hydrogen) atoms. The maximum absolute atomic E-state index is 5.31. The van der Waals surface area contributed by atoms with Crippen molar-refractivity contribution in [2.24, 2.45) is 0 Å². The van der Waals surface area contributed by atoms with Crippen LogP contribution in [0.3, 0.4) is 0 Å². The van der Waals surface area contributed by atoms with E-state index >= 15 is 0 Å². The molecule has 1 fully saturated rings. The first kappa shape index (κ1) is 8.99. The highest BCUT2D eigenvalue weighted by molar-refractivity contribution is 7.16. The van der Waals surface area contributed by atoms with E-state index < -0.39 is 0 Å². The predicted octanol–water partition coefficient (Wildman–Crippen LogP) is 0.923. The second-order valence-electron chi connectivity index (χ2n) is 3.30. The molecule has 6 heteroatoms. The van der Waals surface area contributed by atoms with Crippen molar-refractivity contribution in [3.63, 3.8) is 0 Å². The largest absolute Gasteiger partial charge is 0.378 e. The predicted molar refractivity (Wildman–Crippen MR) is 58.2 cm³/mol. The van der Waals surface area contributed by atoms with Gasteiger partial charge in [0.15, 0.2) is 5.82 Å². The first-order valence-corrected chi connectivity index (χ1v) is 5.70. The molecule has 5 nitrogen and oxygen atoms in total. The van der Waals surface area contributed by atoms with Gasteiger partial charge in [0, 0.05) is 13.1 Å². The van der Waals surface area contributed by atoms with Crippen LogP contribution in [0.5, 0.6) is 0 Å². The Labute approximate surface area is 90.7 Å². The standard InChI is InChI=1S/C9H10N4OS/c1-3-14-4-2-13(1)8-7-9(11-5-10-8)15-6-12-7/h5-6H,1-4H2. The third-order valence-corrected chi connectivity index (χ3v) is 3.16. The van der Waals surface area contributed by atoms with Crippen molar-refractivity contribution < 1.29 is 4.74 Å². The molecule has 0 spiro atoms. The van der Waals surface area contributed by atoms with Crippen molar-refractivity contribution >= 4 is 27.5 Å². The third kappa shape index (κ3) is 1.55. The van der Waals surface area contributed by atoms with E-state index in [1.807, 2.05) is 5.51 Å². The summed E-state index contributed by atoms with van der Waals surface area (Å²) in [6.07, 6.45) is 1.60.